The molecular weight excluding hydrogens is 386 g/mol. The van der Waals surface area contributed by atoms with Crippen LogP contribution in [0, 0.1) is 32.6 Å². The van der Waals surface area contributed by atoms with E-state index in [4.69, 9.17) is 9.72 Å². The highest BCUT2D eigenvalue weighted by atomic mass is 32.1. The molecule has 3 saturated heterocycles. The van der Waals surface area contributed by atoms with E-state index in [1.54, 1.807) is 17.5 Å². The third-order valence-electron chi connectivity index (χ3n) is 7.06. The number of hydrogen-bond donors (Lipinski definition) is 1. The molecule has 1 amide bonds. The fourth-order valence-corrected chi connectivity index (χ4v) is 6.47. The molecule has 0 unspecified atom stereocenters. The van der Waals surface area contributed by atoms with E-state index in [1.807, 2.05) is 17.7 Å². The molecule has 5 rings (SSSR count). The molecule has 1 spiro atoms. The van der Waals surface area contributed by atoms with E-state index >= 15 is 0 Å². The Hall–Kier alpha value is -1.77. The van der Waals surface area contributed by atoms with Gasteiger partial charge in [0.1, 0.15) is 17.4 Å². The van der Waals surface area contributed by atoms with Crippen LogP contribution in [0.1, 0.15) is 34.2 Å². The molecule has 3 aliphatic heterocycles. The van der Waals surface area contributed by atoms with Crippen molar-refractivity contribution in [2.45, 2.75) is 58.4 Å². The number of amides is 1. The number of ether oxygens (including phenoxy) is 1. The quantitative estimate of drug-likeness (QED) is 0.782. The van der Waals surface area contributed by atoms with E-state index < -0.39 is 0 Å². The van der Waals surface area contributed by atoms with Gasteiger partial charge in [0, 0.05) is 48.7 Å². The van der Waals surface area contributed by atoms with E-state index in [-0.39, 0.29) is 11.5 Å². The third kappa shape index (κ3) is 3.41. The van der Waals surface area contributed by atoms with Crippen molar-refractivity contribution in [1.29, 1.82) is 0 Å². The van der Waals surface area contributed by atoms with Gasteiger partial charge in [0.05, 0.1) is 23.9 Å². The van der Waals surface area contributed by atoms with Gasteiger partial charge in [0.2, 0.25) is 5.91 Å². The standard InChI is InChI=1S/C21H29N5O2S/c1-13-14(2)29-20(24-13)11-25-9-17-16(18-4-5-21(17,12-25)28-18)8-23-19(27)10-26-7-6-22-15(26)3/h6-7,16-18H,4-5,8-12H2,1-3H3,(H,23,27)/t16-,17+,18+,21+/m0/s1. The minimum atomic E-state index is -0.0116. The maximum Gasteiger partial charge on any atom is 0.239 e. The van der Waals surface area contributed by atoms with Crippen LogP contribution in [0.2, 0.25) is 0 Å². The average Bonchev–Trinajstić information content (AvgIpc) is 3.45. The SMILES string of the molecule is Cc1nc(CN2C[C@@H]3[C@H](CNC(=O)Cn4ccnc4C)[C@H]4CC[C@]3(C2)O4)sc1C. The number of hydrogen-bond acceptors (Lipinski definition) is 6. The van der Waals surface area contributed by atoms with Crippen molar-refractivity contribution in [1.82, 2.24) is 24.8 Å². The Labute approximate surface area is 175 Å². The molecule has 5 heterocycles. The highest BCUT2D eigenvalue weighted by Crippen LogP contribution is 2.54. The first-order valence-corrected chi connectivity index (χ1v) is 11.3. The van der Waals surface area contributed by atoms with Gasteiger partial charge in [-0.3, -0.25) is 9.69 Å². The molecule has 2 aromatic rings. The number of thiazole rings is 1. The van der Waals surface area contributed by atoms with Crippen LogP contribution in [-0.2, 0) is 22.6 Å². The summed E-state index contributed by atoms with van der Waals surface area (Å²) in [5, 5.41) is 4.36. The summed E-state index contributed by atoms with van der Waals surface area (Å²) in [6.07, 6.45) is 6.13. The van der Waals surface area contributed by atoms with Crippen molar-refractivity contribution in [2.75, 3.05) is 19.6 Å². The van der Waals surface area contributed by atoms with Gasteiger partial charge in [-0.2, -0.15) is 0 Å². The molecule has 1 N–H and O–H groups in total. The van der Waals surface area contributed by atoms with Crippen LogP contribution >= 0.6 is 11.3 Å². The molecule has 0 aromatic carbocycles. The molecule has 2 bridgehead atoms. The van der Waals surface area contributed by atoms with Crippen LogP contribution in [0.5, 0.6) is 0 Å². The summed E-state index contributed by atoms with van der Waals surface area (Å²) in [4.78, 5) is 25.2. The third-order valence-corrected chi connectivity index (χ3v) is 8.12. The number of likely N-dealkylation sites (tertiary alicyclic amines) is 1. The minimum absolute atomic E-state index is 0.0116. The lowest BCUT2D eigenvalue weighted by atomic mass is 9.73. The molecule has 0 saturated carbocycles. The maximum atomic E-state index is 12.4. The summed E-state index contributed by atoms with van der Waals surface area (Å²) in [6.45, 7) is 10.1. The van der Waals surface area contributed by atoms with Gasteiger partial charge < -0.3 is 14.6 Å². The lowest BCUT2D eigenvalue weighted by Gasteiger charge is -2.29. The second-order valence-corrected chi connectivity index (χ2v) is 10.1. The van der Waals surface area contributed by atoms with Crippen LogP contribution in [0.25, 0.3) is 0 Å². The van der Waals surface area contributed by atoms with Crippen LogP contribution in [0.3, 0.4) is 0 Å². The Morgan fingerprint density at radius 1 is 1.41 bits per heavy atom. The Morgan fingerprint density at radius 2 is 2.28 bits per heavy atom. The molecule has 0 radical (unpaired) electrons. The minimum Gasteiger partial charge on any atom is -0.370 e. The first-order valence-electron chi connectivity index (χ1n) is 10.5. The second kappa shape index (κ2) is 7.18. The van der Waals surface area contributed by atoms with Crippen molar-refractivity contribution < 1.29 is 9.53 Å². The zero-order chi connectivity index (χ0) is 20.2. The number of fused-ring (bicyclic) bond motifs is 1. The summed E-state index contributed by atoms with van der Waals surface area (Å²) in [5.41, 5.74) is 1.14. The van der Waals surface area contributed by atoms with Gasteiger partial charge in [-0.15, -0.1) is 11.3 Å². The number of aryl methyl sites for hydroxylation is 3. The van der Waals surface area contributed by atoms with E-state index in [2.05, 4.69) is 29.0 Å². The van der Waals surface area contributed by atoms with E-state index in [9.17, 15) is 4.79 Å². The van der Waals surface area contributed by atoms with Crippen molar-refractivity contribution in [2.24, 2.45) is 11.8 Å². The van der Waals surface area contributed by atoms with Gasteiger partial charge >= 0.3 is 0 Å². The summed E-state index contributed by atoms with van der Waals surface area (Å²) < 4.78 is 8.40. The topological polar surface area (TPSA) is 72.3 Å². The highest BCUT2D eigenvalue weighted by Gasteiger charge is 2.62. The first kappa shape index (κ1) is 19.2. The average molecular weight is 416 g/mol. The van der Waals surface area contributed by atoms with Crippen molar-refractivity contribution in [3.8, 4) is 0 Å². The number of carbonyl (C=O) groups excluding carboxylic acids is 1. The van der Waals surface area contributed by atoms with E-state index in [0.717, 1.165) is 44.0 Å². The van der Waals surface area contributed by atoms with Crippen molar-refractivity contribution in [3.05, 3.63) is 33.8 Å². The molecule has 29 heavy (non-hydrogen) atoms. The Kier molecular flexibility index (Phi) is 4.75. The monoisotopic (exact) mass is 415 g/mol. The zero-order valence-corrected chi connectivity index (χ0v) is 18.2. The lowest BCUT2D eigenvalue weighted by Crippen LogP contribution is -2.42. The van der Waals surface area contributed by atoms with Gasteiger partial charge in [-0.05, 0) is 33.6 Å². The molecule has 7 nitrogen and oxygen atoms in total. The first-order chi connectivity index (χ1) is 13.9. The van der Waals surface area contributed by atoms with Crippen molar-refractivity contribution in [3.63, 3.8) is 0 Å². The summed E-state index contributed by atoms with van der Waals surface area (Å²) >= 11 is 1.81. The number of nitrogens with zero attached hydrogens (tertiary/aromatic N) is 4. The van der Waals surface area contributed by atoms with Gasteiger partial charge in [0.25, 0.3) is 0 Å². The van der Waals surface area contributed by atoms with Gasteiger partial charge in [0.15, 0.2) is 0 Å². The normalized spacial score (nSPS) is 30.8. The predicted molar refractivity (Wildman–Crippen MR) is 111 cm³/mol. The number of nitrogens with one attached hydrogen (secondary N) is 1. The van der Waals surface area contributed by atoms with E-state index in [0.29, 0.717) is 31.0 Å². The Bertz CT molecular complexity index is 905. The molecule has 4 atom stereocenters. The van der Waals surface area contributed by atoms with Crippen molar-refractivity contribution >= 4 is 17.2 Å². The molecule has 3 aliphatic rings. The zero-order valence-electron chi connectivity index (χ0n) is 17.4. The molecule has 3 fully saturated rings. The second-order valence-electron chi connectivity index (χ2n) is 8.86. The molecule has 8 heteroatoms. The van der Waals surface area contributed by atoms with Crippen LogP contribution in [0.4, 0.5) is 0 Å². The fraction of sp³-hybridized carbons (Fsp3) is 0.667. The summed E-state index contributed by atoms with van der Waals surface area (Å²) in [7, 11) is 0. The fourth-order valence-electron chi connectivity index (χ4n) is 5.49. The number of aromatic nitrogens is 3. The summed E-state index contributed by atoms with van der Waals surface area (Å²) in [6, 6.07) is 0. The summed E-state index contributed by atoms with van der Waals surface area (Å²) in [5.74, 6) is 1.81. The number of carbonyl (C=O) groups is 1. The van der Waals surface area contributed by atoms with Crippen LogP contribution in [-0.4, -0.2) is 56.7 Å². The van der Waals surface area contributed by atoms with Crippen LogP contribution in [0.15, 0.2) is 12.4 Å². The van der Waals surface area contributed by atoms with Gasteiger partial charge in [-0.25, -0.2) is 9.97 Å². The largest absolute Gasteiger partial charge is 0.370 e. The lowest BCUT2D eigenvalue weighted by molar-refractivity contribution is -0.122. The molecule has 2 aromatic heterocycles. The molecule has 156 valence electrons. The maximum absolute atomic E-state index is 12.4. The number of imidazole rings is 1. The molecular formula is C21H29N5O2S. The predicted octanol–water partition coefficient (Wildman–Crippen LogP) is 2.06. The smallest absolute Gasteiger partial charge is 0.239 e. The Morgan fingerprint density at radius 3 is 3.00 bits per heavy atom. The van der Waals surface area contributed by atoms with E-state index in [1.165, 1.54) is 9.88 Å². The number of rotatable bonds is 6. The Balaban J connectivity index is 1.21. The highest BCUT2D eigenvalue weighted by molar-refractivity contribution is 7.11. The van der Waals surface area contributed by atoms with Crippen LogP contribution < -0.4 is 5.32 Å². The van der Waals surface area contributed by atoms with Gasteiger partial charge in [-0.1, -0.05) is 0 Å². The molecule has 0 aliphatic carbocycles.